The van der Waals surface area contributed by atoms with Crippen LogP contribution >= 0.6 is 0 Å². The largest absolute Gasteiger partial charge is 0.434 e. The number of benzene rings is 1. The molecule has 2 aliphatic heterocycles. The second-order valence-corrected chi connectivity index (χ2v) is 5.93. The minimum absolute atomic E-state index is 0.0603. The van der Waals surface area contributed by atoms with Gasteiger partial charge in [-0.1, -0.05) is 0 Å². The average Bonchev–Trinajstić information content (AvgIpc) is 2.81. The van der Waals surface area contributed by atoms with E-state index in [9.17, 15) is 18.4 Å². The summed E-state index contributed by atoms with van der Waals surface area (Å²) in [6.07, 6.45) is -0.926. The number of rotatable bonds is 3. The van der Waals surface area contributed by atoms with Gasteiger partial charge in [-0.3, -0.25) is 4.79 Å². The van der Waals surface area contributed by atoms with E-state index in [0.717, 1.165) is 12.1 Å². The van der Waals surface area contributed by atoms with Gasteiger partial charge in [0.15, 0.2) is 6.23 Å². The molecule has 1 aromatic carbocycles. The molecule has 134 valence electrons. The van der Waals surface area contributed by atoms with E-state index in [0.29, 0.717) is 31.9 Å². The lowest BCUT2D eigenvalue weighted by Crippen LogP contribution is -2.37. The number of esters is 1. The molecular weight excluding hydrogens is 334 g/mol. The van der Waals surface area contributed by atoms with Crippen molar-refractivity contribution in [3.63, 3.8) is 0 Å². The first-order chi connectivity index (χ1) is 11.9. The standard InChI is InChI=1S/C17H18F2N2O4/c1-9-14(17(23)25-16(9)20-10(2)22)11-7-12(18)15(13(19)8-11)21-3-5-24-6-4-21/h7-8,16H,3-6H2,1-2H3,(H,20,22)/t16-/m1/s1. The lowest BCUT2D eigenvalue weighted by atomic mass is 10.0. The SMILES string of the molecule is CC(=O)N[C@@H]1OC(=O)C(c2cc(F)c(N3CCOCC3)c(F)c2)=C1C. The Labute approximate surface area is 143 Å². The minimum atomic E-state index is -0.926. The average molecular weight is 352 g/mol. The Morgan fingerprint density at radius 3 is 2.40 bits per heavy atom. The molecule has 0 bridgehead atoms. The first-order valence-electron chi connectivity index (χ1n) is 7.89. The zero-order chi connectivity index (χ0) is 18.1. The molecule has 8 heteroatoms. The number of hydrogen-bond donors (Lipinski definition) is 1. The van der Waals surface area contributed by atoms with Gasteiger partial charge in [-0.2, -0.15) is 0 Å². The predicted octanol–water partition coefficient (Wildman–Crippen LogP) is 1.59. The molecule has 1 atom stereocenters. The quantitative estimate of drug-likeness (QED) is 0.837. The van der Waals surface area contributed by atoms with Crippen LogP contribution in [0.1, 0.15) is 19.4 Å². The topological polar surface area (TPSA) is 67.9 Å². The first kappa shape index (κ1) is 17.3. The predicted molar refractivity (Wildman–Crippen MR) is 85.7 cm³/mol. The summed E-state index contributed by atoms with van der Waals surface area (Å²) in [6, 6.07) is 2.23. The maximum atomic E-state index is 14.5. The van der Waals surface area contributed by atoms with E-state index < -0.39 is 23.8 Å². The molecule has 1 N–H and O–H groups in total. The summed E-state index contributed by atoms with van der Waals surface area (Å²) in [7, 11) is 0. The van der Waals surface area contributed by atoms with Gasteiger partial charge in [0, 0.05) is 25.6 Å². The van der Waals surface area contributed by atoms with E-state index in [1.54, 1.807) is 11.8 Å². The van der Waals surface area contributed by atoms with Gasteiger partial charge in [0.05, 0.1) is 18.8 Å². The number of anilines is 1. The monoisotopic (exact) mass is 352 g/mol. The number of halogens is 2. The van der Waals surface area contributed by atoms with Crippen molar-refractivity contribution in [2.75, 3.05) is 31.2 Å². The third-order valence-electron chi connectivity index (χ3n) is 4.18. The maximum Gasteiger partial charge on any atom is 0.341 e. The molecule has 25 heavy (non-hydrogen) atoms. The van der Waals surface area contributed by atoms with Gasteiger partial charge < -0.3 is 19.7 Å². The second-order valence-electron chi connectivity index (χ2n) is 5.93. The van der Waals surface area contributed by atoms with Crippen LogP contribution in [0.2, 0.25) is 0 Å². The van der Waals surface area contributed by atoms with Gasteiger partial charge in [-0.25, -0.2) is 13.6 Å². The third-order valence-corrected chi connectivity index (χ3v) is 4.18. The Balaban J connectivity index is 1.96. The van der Waals surface area contributed by atoms with Crippen molar-refractivity contribution in [3.8, 4) is 0 Å². The third kappa shape index (κ3) is 3.34. The fourth-order valence-electron chi connectivity index (χ4n) is 3.01. The van der Waals surface area contributed by atoms with Crippen molar-refractivity contribution >= 4 is 23.1 Å². The molecule has 2 aliphatic rings. The second kappa shape index (κ2) is 6.79. The van der Waals surface area contributed by atoms with Crippen LogP contribution in [0, 0.1) is 11.6 Å². The summed E-state index contributed by atoms with van der Waals surface area (Å²) in [5.41, 5.74) is 0.417. The number of ether oxygens (including phenoxy) is 2. The van der Waals surface area contributed by atoms with Crippen molar-refractivity contribution in [2.45, 2.75) is 20.1 Å². The molecule has 1 fully saturated rings. The highest BCUT2D eigenvalue weighted by Gasteiger charge is 2.34. The van der Waals surface area contributed by atoms with E-state index in [-0.39, 0.29) is 22.7 Å². The van der Waals surface area contributed by atoms with Crippen LogP contribution in [-0.4, -0.2) is 44.4 Å². The summed E-state index contributed by atoms with van der Waals surface area (Å²) in [6.45, 7) is 4.44. The number of nitrogens with zero attached hydrogens (tertiary/aromatic N) is 1. The van der Waals surface area contributed by atoms with Crippen LogP contribution in [0.25, 0.3) is 5.57 Å². The van der Waals surface area contributed by atoms with Crippen molar-refractivity contribution in [2.24, 2.45) is 0 Å². The molecule has 2 heterocycles. The fraction of sp³-hybridized carbons (Fsp3) is 0.412. The van der Waals surface area contributed by atoms with Gasteiger partial charge in [-0.05, 0) is 24.6 Å². The summed E-state index contributed by atoms with van der Waals surface area (Å²) < 4.78 is 39.3. The number of amides is 1. The van der Waals surface area contributed by atoms with Crippen molar-refractivity contribution < 1.29 is 27.8 Å². The summed E-state index contributed by atoms with van der Waals surface area (Å²) >= 11 is 0. The normalized spacial score (nSPS) is 20.7. The van der Waals surface area contributed by atoms with Gasteiger partial charge in [-0.15, -0.1) is 0 Å². The van der Waals surface area contributed by atoms with Crippen LogP contribution < -0.4 is 10.2 Å². The Kier molecular flexibility index (Phi) is 4.71. The maximum absolute atomic E-state index is 14.5. The van der Waals surface area contributed by atoms with Crippen LogP contribution in [-0.2, 0) is 19.1 Å². The molecular formula is C17H18F2N2O4. The Morgan fingerprint density at radius 1 is 1.24 bits per heavy atom. The number of nitrogens with one attached hydrogen (secondary N) is 1. The number of carbonyl (C=O) groups excluding carboxylic acids is 2. The molecule has 1 saturated heterocycles. The highest BCUT2D eigenvalue weighted by atomic mass is 19.1. The van der Waals surface area contributed by atoms with Crippen molar-refractivity contribution in [3.05, 3.63) is 34.9 Å². The minimum Gasteiger partial charge on any atom is -0.434 e. The van der Waals surface area contributed by atoms with Gasteiger partial charge in [0.25, 0.3) is 0 Å². The van der Waals surface area contributed by atoms with Gasteiger partial charge >= 0.3 is 5.97 Å². The van der Waals surface area contributed by atoms with Crippen molar-refractivity contribution in [1.82, 2.24) is 5.32 Å². The Morgan fingerprint density at radius 2 is 1.84 bits per heavy atom. The highest BCUT2D eigenvalue weighted by Crippen LogP contribution is 2.33. The summed E-state index contributed by atoms with van der Waals surface area (Å²) in [4.78, 5) is 24.8. The Hall–Kier alpha value is -2.48. The molecule has 1 amide bonds. The molecule has 0 aliphatic carbocycles. The number of morpholine rings is 1. The zero-order valence-electron chi connectivity index (χ0n) is 13.9. The molecule has 0 saturated carbocycles. The highest BCUT2D eigenvalue weighted by molar-refractivity contribution is 6.19. The number of carbonyl (C=O) groups is 2. The molecule has 6 nitrogen and oxygen atoms in total. The van der Waals surface area contributed by atoms with E-state index in [1.165, 1.54) is 6.92 Å². The zero-order valence-corrected chi connectivity index (χ0v) is 13.9. The molecule has 0 aromatic heterocycles. The fourth-order valence-corrected chi connectivity index (χ4v) is 3.01. The smallest absolute Gasteiger partial charge is 0.341 e. The van der Waals surface area contributed by atoms with E-state index in [1.807, 2.05) is 0 Å². The number of hydrogen-bond acceptors (Lipinski definition) is 5. The number of cyclic esters (lactones) is 1. The van der Waals surface area contributed by atoms with Crippen LogP contribution in [0.3, 0.4) is 0 Å². The van der Waals surface area contributed by atoms with E-state index in [2.05, 4.69) is 5.32 Å². The van der Waals surface area contributed by atoms with Crippen molar-refractivity contribution in [1.29, 1.82) is 0 Å². The lowest BCUT2D eigenvalue weighted by molar-refractivity contribution is -0.140. The lowest BCUT2D eigenvalue weighted by Gasteiger charge is -2.29. The summed E-state index contributed by atoms with van der Waals surface area (Å²) in [5.74, 6) is -2.62. The molecule has 1 aromatic rings. The van der Waals surface area contributed by atoms with Crippen LogP contribution in [0.5, 0.6) is 0 Å². The molecule has 0 radical (unpaired) electrons. The molecule has 3 rings (SSSR count). The molecule has 0 spiro atoms. The van der Waals surface area contributed by atoms with Crippen LogP contribution in [0.15, 0.2) is 17.7 Å². The van der Waals surface area contributed by atoms with E-state index >= 15 is 0 Å². The van der Waals surface area contributed by atoms with Gasteiger partial charge in [0.2, 0.25) is 5.91 Å². The van der Waals surface area contributed by atoms with Gasteiger partial charge in [0.1, 0.15) is 17.3 Å². The van der Waals surface area contributed by atoms with E-state index in [4.69, 9.17) is 9.47 Å². The Bertz CT molecular complexity index is 734. The first-order valence-corrected chi connectivity index (χ1v) is 7.89. The molecule has 0 unspecified atom stereocenters. The summed E-state index contributed by atoms with van der Waals surface area (Å²) in [5, 5.41) is 2.46. The van der Waals surface area contributed by atoms with Crippen LogP contribution in [0.4, 0.5) is 14.5 Å².